The summed E-state index contributed by atoms with van der Waals surface area (Å²) in [5.41, 5.74) is 0. The number of hydrogen-bond acceptors (Lipinski definition) is 4. The van der Waals surface area contributed by atoms with Gasteiger partial charge in [-0.25, -0.2) is 0 Å². The number of hydrogen-bond donors (Lipinski definition) is 2. The lowest BCUT2D eigenvalue weighted by atomic mass is 10.1. The minimum atomic E-state index is -0.151. The van der Waals surface area contributed by atoms with E-state index >= 15 is 0 Å². The van der Waals surface area contributed by atoms with Crippen molar-refractivity contribution in [1.29, 1.82) is 0 Å². The van der Waals surface area contributed by atoms with E-state index in [1.165, 1.54) is 13.0 Å². The quantitative estimate of drug-likeness (QED) is 0.573. The Labute approximate surface area is 146 Å². The minimum absolute atomic E-state index is 0.151. The lowest BCUT2D eigenvalue weighted by Crippen LogP contribution is -2.53. The summed E-state index contributed by atoms with van der Waals surface area (Å²) in [7, 11) is 0. The predicted octanol–water partition coefficient (Wildman–Crippen LogP) is 0.767. The first kappa shape index (κ1) is 18.0. The molecule has 1 aliphatic carbocycles. The van der Waals surface area contributed by atoms with Crippen LogP contribution in [0.4, 0.5) is 0 Å². The van der Waals surface area contributed by atoms with E-state index in [2.05, 4.69) is 22.0 Å². The van der Waals surface area contributed by atoms with E-state index in [-0.39, 0.29) is 6.10 Å². The molecule has 3 aliphatic rings. The normalized spacial score (nSPS) is 32.5. The number of aliphatic hydroxyl groups is 1. The van der Waals surface area contributed by atoms with Crippen molar-refractivity contribution >= 4 is 5.96 Å². The zero-order valence-corrected chi connectivity index (χ0v) is 15.1. The topological polar surface area (TPSA) is 60.3 Å². The highest BCUT2D eigenvalue weighted by Crippen LogP contribution is 2.25. The van der Waals surface area contributed by atoms with E-state index in [4.69, 9.17) is 9.73 Å². The van der Waals surface area contributed by atoms with Gasteiger partial charge in [-0.1, -0.05) is 6.42 Å². The van der Waals surface area contributed by atoms with Crippen LogP contribution in [0.1, 0.15) is 32.6 Å². The van der Waals surface area contributed by atoms with Gasteiger partial charge >= 0.3 is 0 Å². The average Bonchev–Trinajstić information content (AvgIpc) is 3.24. The van der Waals surface area contributed by atoms with Crippen molar-refractivity contribution in [1.82, 2.24) is 15.1 Å². The SMILES string of the molecule is CCNC(=NCC1CCCC1O)N1CCN(CC2CCOC2)CC1. The number of guanidine groups is 1. The van der Waals surface area contributed by atoms with Gasteiger partial charge in [0.1, 0.15) is 0 Å². The summed E-state index contributed by atoms with van der Waals surface area (Å²) < 4.78 is 5.49. The van der Waals surface area contributed by atoms with Crippen LogP contribution >= 0.6 is 0 Å². The van der Waals surface area contributed by atoms with Gasteiger partial charge in [0.05, 0.1) is 12.7 Å². The van der Waals surface area contributed by atoms with Gasteiger partial charge in [-0.2, -0.15) is 0 Å². The number of nitrogens with one attached hydrogen (secondary N) is 1. The molecular formula is C18H34N4O2. The molecule has 2 saturated heterocycles. The second-order valence-electron chi connectivity index (χ2n) is 7.47. The molecule has 0 radical (unpaired) electrons. The third-order valence-corrected chi connectivity index (χ3v) is 5.64. The molecule has 3 fully saturated rings. The van der Waals surface area contributed by atoms with Crippen LogP contribution in [0.2, 0.25) is 0 Å². The van der Waals surface area contributed by atoms with Gasteiger partial charge in [0, 0.05) is 58.3 Å². The molecule has 0 aromatic carbocycles. The molecule has 2 aliphatic heterocycles. The van der Waals surface area contributed by atoms with Crippen LogP contribution in [0.5, 0.6) is 0 Å². The van der Waals surface area contributed by atoms with Gasteiger partial charge < -0.3 is 20.1 Å². The molecule has 2 N–H and O–H groups in total. The second kappa shape index (κ2) is 9.02. The molecule has 138 valence electrons. The van der Waals surface area contributed by atoms with Crippen molar-refractivity contribution in [2.75, 3.05) is 59.0 Å². The first-order valence-corrected chi connectivity index (χ1v) is 9.77. The molecule has 3 rings (SSSR count). The molecule has 6 nitrogen and oxygen atoms in total. The molecule has 0 bridgehead atoms. The fourth-order valence-electron chi connectivity index (χ4n) is 4.09. The number of rotatable bonds is 5. The Balaban J connectivity index is 1.47. The summed E-state index contributed by atoms with van der Waals surface area (Å²) in [4.78, 5) is 9.78. The van der Waals surface area contributed by atoms with Crippen LogP contribution in [0.15, 0.2) is 4.99 Å². The maximum absolute atomic E-state index is 9.99. The van der Waals surface area contributed by atoms with Crippen molar-refractivity contribution in [2.24, 2.45) is 16.8 Å². The van der Waals surface area contributed by atoms with E-state index in [0.29, 0.717) is 5.92 Å². The number of aliphatic hydroxyl groups excluding tert-OH is 1. The second-order valence-corrected chi connectivity index (χ2v) is 7.47. The lowest BCUT2D eigenvalue weighted by molar-refractivity contribution is 0.134. The molecule has 0 amide bonds. The van der Waals surface area contributed by atoms with E-state index in [9.17, 15) is 5.11 Å². The molecule has 6 heteroatoms. The van der Waals surface area contributed by atoms with Crippen LogP contribution in [0.25, 0.3) is 0 Å². The van der Waals surface area contributed by atoms with Crippen LogP contribution in [-0.2, 0) is 4.74 Å². The minimum Gasteiger partial charge on any atom is -0.393 e. The highest BCUT2D eigenvalue weighted by Gasteiger charge is 2.26. The smallest absolute Gasteiger partial charge is 0.194 e. The molecule has 1 saturated carbocycles. The molecule has 3 unspecified atom stereocenters. The number of aliphatic imine (C=N–C) groups is 1. The molecule has 0 aromatic heterocycles. The number of piperazine rings is 1. The predicted molar refractivity (Wildman–Crippen MR) is 96.3 cm³/mol. The van der Waals surface area contributed by atoms with Gasteiger partial charge in [0.2, 0.25) is 0 Å². The van der Waals surface area contributed by atoms with E-state index in [1.54, 1.807) is 0 Å². The molecule has 0 aromatic rings. The Morgan fingerprint density at radius 3 is 2.67 bits per heavy atom. The first-order chi connectivity index (χ1) is 11.8. The summed E-state index contributed by atoms with van der Waals surface area (Å²) in [6, 6.07) is 0. The Morgan fingerprint density at radius 1 is 1.21 bits per heavy atom. The third kappa shape index (κ3) is 4.83. The van der Waals surface area contributed by atoms with Gasteiger partial charge in [0.15, 0.2) is 5.96 Å². The Bertz CT molecular complexity index is 404. The lowest BCUT2D eigenvalue weighted by Gasteiger charge is -2.37. The standard InChI is InChI=1S/C18H34N4O2/c1-2-19-18(20-12-16-4-3-5-17(16)23)22-9-7-21(8-10-22)13-15-6-11-24-14-15/h15-17,23H,2-14H2,1H3,(H,19,20). The highest BCUT2D eigenvalue weighted by molar-refractivity contribution is 5.80. The first-order valence-electron chi connectivity index (χ1n) is 9.77. The van der Waals surface area contributed by atoms with Gasteiger partial charge in [-0.3, -0.25) is 9.89 Å². The largest absolute Gasteiger partial charge is 0.393 e. The Morgan fingerprint density at radius 2 is 2.04 bits per heavy atom. The maximum Gasteiger partial charge on any atom is 0.194 e. The number of nitrogens with zero attached hydrogens (tertiary/aromatic N) is 3. The Hall–Kier alpha value is -0.850. The van der Waals surface area contributed by atoms with E-state index in [1.807, 2.05) is 0 Å². The van der Waals surface area contributed by atoms with E-state index in [0.717, 1.165) is 83.6 Å². The van der Waals surface area contributed by atoms with Crippen molar-refractivity contribution in [3.63, 3.8) is 0 Å². The summed E-state index contributed by atoms with van der Waals surface area (Å²) >= 11 is 0. The molecule has 0 spiro atoms. The van der Waals surface area contributed by atoms with Crippen LogP contribution in [0, 0.1) is 11.8 Å². The summed E-state index contributed by atoms with van der Waals surface area (Å²) in [6.45, 7) is 11.1. The summed E-state index contributed by atoms with van der Waals surface area (Å²) in [6.07, 6.45) is 4.26. The highest BCUT2D eigenvalue weighted by atomic mass is 16.5. The van der Waals surface area contributed by atoms with Crippen molar-refractivity contribution < 1.29 is 9.84 Å². The van der Waals surface area contributed by atoms with Crippen LogP contribution in [-0.4, -0.2) is 86.0 Å². The molecular weight excluding hydrogens is 304 g/mol. The Kier molecular flexibility index (Phi) is 6.75. The van der Waals surface area contributed by atoms with Crippen LogP contribution < -0.4 is 5.32 Å². The number of ether oxygens (including phenoxy) is 1. The van der Waals surface area contributed by atoms with Gasteiger partial charge in [-0.05, 0) is 32.1 Å². The maximum atomic E-state index is 9.99. The van der Waals surface area contributed by atoms with E-state index < -0.39 is 0 Å². The van der Waals surface area contributed by atoms with Crippen LogP contribution in [0.3, 0.4) is 0 Å². The van der Waals surface area contributed by atoms with Crippen molar-refractivity contribution in [3.8, 4) is 0 Å². The van der Waals surface area contributed by atoms with Gasteiger partial charge in [-0.15, -0.1) is 0 Å². The molecule has 2 heterocycles. The van der Waals surface area contributed by atoms with Gasteiger partial charge in [0.25, 0.3) is 0 Å². The average molecular weight is 338 g/mol. The fourth-order valence-corrected chi connectivity index (χ4v) is 4.09. The van der Waals surface area contributed by atoms with Crippen molar-refractivity contribution in [2.45, 2.75) is 38.7 Å². The summed E-state index contributed by atoms with van der Waals surface area (Å²) in [5.74, 6) is 2.10. The molecule has 3 atom stereocenters. The zero-order valence-electron chi connectivity index (χ0n) is 15.1. The monoisotopic (exact) mass is 338 g/mol. The third-order valence-electron chi connectivity index (χ3n) is 5.64. The molecule has 24 heavy (non-hydrogen) atoms. The fraction of sp³-hybridized carbons (Fsp3) is 0.944. The van der Waals surface area contributed by atoms with Crippen molar-refractivity contribution in [3.05, 3.63) is 0 Å². The summed E-state index contributed by atoms with van der Waals surface area (Å²) in [5, 5.41) is 13.4. The zero-order chi connectivity index (χ0) is 16.8.